The molecule has 0 radical (unpaired) electrons. The first-order valence-corrected chi connectivity index (χ1v) is 7.79. The first kappa shape index (κ1) is 12.9. The van der Waals surface area contributed by atoms with E-state index in [1.807, 2.05) is 12.1 Å². The molecule has 106 valence electrons. The van der Waals surface area contributed by atoms with Crippen LogP contribution >= 0.6 is 15.9 Å². The molecule has 4 rings (SSSR count). The number of nitrogens with zero attached hydrogens (tertiary/aromatic N) is 4. The largest absolute Gasteiger partial charge is 0.307 e. The second kappa shape index (κ2) is 5.20. The molecule has 0 bridgehead atoms. The number of tetrazole rings is 1. The lowest BCUT2D eigenvalue weighted by Crippen LogP contribution is -2.18. The molecule has 1 aliphatic rings. The number of halogens is 1. The average Bonchev–Trinajstić information content (AvgIpc) is 3.21. The lowest BCUT2D eigenvalue weighted by atomic mass is 10.1. The number of benzene rings is 2. The molecule has 3 aromatic rings. The van der Waals surface area contributed by atoms with Gasteiger partial charge in [0.15, 0.2) is 5.82 Å². The van der Waals surface area contributed by atoms with Crippen molar-refractivity contribution in [2.24, 2.45) is 0 Å². The van der Waals surface area contributed by atoms with E-state index in [4.69, 9.17) is 0 Å². The number of aromatic nitrogens is 4. The topological polar surface area (TPSA) is 55.6 Å². The van der Waals surface area contributed by atoms with Crippen LogP contribution in [0, 0.1) is 0 Å². The fourth-order valence-corrected chi connectivity index (χ4v) is 2.75. The van der Waals surface area contributed by atoms with E-state index in [1.54, 1.807) is 4.68 Å². The van der Waals surface area contributed by atoms with Crippen LogP contribution in [0.15, 0.2) is 40.9 Å². The van der Waals surface area contributed by atoms with Crippen LogP contribution in [0.4, 0.5) is 0 Å². The van der Waals surface area contributed by atoms with Gasteiger partial charge >= 0.3 is 0 Å². The van der Waals surface area contributed by atoms with Crippen LogP contribution in [-0.4, -0.2) is 26.2 Å². The van der Waals surface area contributed by atoms with Crippen molar-refractivity contribution >= 4 is 26.7 Å². The van der Waals surface area contributed by atoms with Crippen LogP contribution in [0.5, 0.6) is 0 Å². The quantitative estimate of drug-likeness (QED) is 0.791. The van der Waals surface area contributed by atoms with Gasteiger partial charge in [-0.25, -0.2) is 0 Å². The smallest absolute Gasteiger partial charge is 0.170 e. The molecule has 0 saturated heterocycles. The molecule has 0 spiro atoms. The monoisotopic (exact) mass is 343 g/mol. The fraction of sp³-hybridized carbons (Fsp3) is 0.267. The van der Waals surface area contributed by atoms with Gasteiger partial charge in [-0.05, 0) is 58.3 Å². The first-order valence-electron chi connectivity index (χ1n) is 7.00. The minimum absolute atomic E-state index is 0.643. The maximum Gasteiger partial charge on any atom is 0.170 e. The molecule has 1 aliphatic carbocycles. The normalized spacial score (nSPS) is 14.7. The minimum atomic E-state index is 0.643. The zero-order chi connectivity index (χ0) is 14.2. The van der Waals surface area contributed by atoms with E-state index in [1.165, 1.54) is 23.6 Å². The van der Waals surface area contributed by atoms with Crippen molar-refractivity contribution in [3.63, 3.8) is 0 Å². The van der Waals surface area contributed by atoms with Crippen molar-refractivity contribution < 1.29 is 0 Å². The summed E-state index contributed by atoms with van der Waals surface area (Å²) in [5, 5.41) is 17.9. The van der Waals surface area contributed by atoms with Crippen molar-refractivity contribution in [1.29, 1.82) is 0 Å². The standard InChI is InChI=1S/C15H14BrN5/c16-12-3-1-11-8-14(6-2-10(11)7-12)21-15(18-19-20-21)9-17-13-4-5-13/h1-3,6-8,13,17H,4-5,9H2. The van der Waals surface area contributed by atoms with Gasteiger partial charge in [0.05, 0.1) is 12.2 Å². The van der Waals surface area contributed by atoms with Gasteiger partial charge in [0.25, 0.3) is 0 Å². The molecule has 0 amide bonds. The highest BCUT2D eigenvalue weighted by Gasteiger charge is 2.21. The van der Waals surface area contributed by atoms with E-state index in [2.05, 4.69) is 61.0 Å². The molecule has 21 heavy (non-hydrogen) atoms. The molecular weight excluding hydrogens is 330 g/mol. The van der Waals surface area contributed by atoms with Crippen LogP contribution in [0.25, 0.3) is 16.5 Å². The van der Waals surface area contributed by atoms with E-state index >= 15 is 0 Å². The summed E-state index contributed by atoms with van der Waals surface area (Å²) in [6.07, 6.45) is 2.51. The molecule has 6 heteroatoms. The fourth-order valence-electron chi connectivity index (χ4n) is 2.38. The van der Waals surface area contributed by atoms with Crippen LogP contribution in [0.2, 0.25) is 0 Å². The Morgan fingerprint density at radius 2 is 1.95 bits per heavy atom. The number of hydrogen-bond acceptors (Lipinski definition) is 4. The van der Waals surface area contributed by atoms with E-state index in [-0.39, 0.29) is 0 Å². The Kier molecular flexibility index (Phi) is 3.20. The van der Waals surface area contributed by atoms with Crippen LogP contribution in [-0.2, 0) is 6.54 Å². The van der Waals surface area contributed by atoms with Crippen molar-refractivity contribution in [2.75, 3.05) is 0 Å². The summed E-state index contributed by atoms with van der Waals surface area (Å²) in [7, 11) is 0. The maximum atomic E-state index is 4.12. The van der Waals surface area contributed by atoms with Gasteiger partial charge in [-0.15, -0.1) is 5.10 Å². The number of rotatable bonds is 4. The molecule has 0 unspecified atom stereocenters. The highest BCUT2D eigenvalue weighted by Crippen LogP contribution is 2.23. The molecule has 0 aliphatic heterocycles. The zero-order valence-electron chi connectivity index (χ0n) is 11.3. The summed E-state index contributed by atoms with van der Waals surface area (Å²) < 4.78 is 2.89. The maximum absolute atomic E-state index is 4.12. The minimum Gasteiger partial charge on any atom is -0.307 e. The van der Waals surface area contributed by atoms with Gasteiger partial charge in [0.1, 0.15) is 0 Å². The Labute approximate surface area is 130 Å². The second-order valence-corrected chi connectivity index (χ2v) is 6.25. The highest BCUT2D eigenvalue weighted by molar-refractivity contribution is 9.10. The SMILES string of the molecule is Brc1ccc2cc(-n3nnnc3CNC3CC3)ccc2c1. The van der Waals surface area contributed by atoms with E-state index < -0.39 is 0 Å². The third kappa shape index (κ3) is 2.69. The Morgan fingerprint density at radius 1 is 1.14 bits per heavy atom. The molecule has 5 nitrogen and oxygen atoms in total. The summed E-state index contributed by atoms with van der Waals surface area (Å²) in [6, 6.07) is 13.1. The summed E-state index contributed by atoms with van der Waals surface area (Å²) >= 11 is 3.50. The van der Waals surface area contributed by atoms with Gasteiger partial charge < -0.3 is 5.32 Å². The predicted octanol–water partition coefficient (Wildman–Crippen LogP) is 2.83. The Hall–Kier alpha value is -1.79. The van der Waals surface area contributed by atoms with Gasteiger partial charge in [-0.1, -0.05) is 28.1 Å². The Balaban J connectivity index is 1.69. The number of fused-ring (bicyclic) bond motifs is 1. The highest BCUT2D eigenvalue weighted by atomic mass is 79.9. The first-order chi connectivity index (χ1) is 10.3. The molecule has 2 aromatic carbocycles. The third-order valence-corrected chi connectivity index (χ3v) is 4.18. The molecule has 1 aromatic heterocycles. The lowest BCUT2D eigenvalue weighted by molar-refractivity contribution is 0.638. The molecular formula is C15H14BrN5. The summed E-state index contributed by atoms with van der Waals surface area (Å²) in [5.41, 5.74) is 0.988. The van der Waals surface area contributed by atoms with Crippen LogP contribution in [0.1, 0.15) is 18.7 Å². The molecule has 1 fully saturated rings. The number of nitrogens with one attached hydrogen (secondary N) is 1. The summed E-state index contributed by atoms with van der Waals surface area (Å²) in [6.45, 7) is 0.704. The average molecular weight is 344 g/mol. The zero-order valence-corrected chi connectivity index (χ0v) is 12.9. The Morgan fingerprint density at radius 3 is 2.81 bits per heavy atom. The van der Waals surface area contributed by atoms with Crippen molar-refractivity contribution in [1.82, 2.24) is 25.5 Å². The van der Waals surface area contributed by atoms with Gasteiger partial charge in [-0.2, -0.15) is 4.68 Å². The molecule has 1 saturated carbocycles. The van der Waals surface area contributed by atoms with Gasteiger partial charge in [-0.3, -0.25) is 0 Å². The van der Waals surface area contributed by atoms with Crippen LogP contribution < -0.4 is 5.32 Å². The summed E-state index contributed by atoms with van der Waals surface area (Å²) in [5.74, 6) is 0.846. The lowest BCUT2D eigenvalue weighted by Gasteiger charge is -2.07. The van der Waals surface area contributed by atoms with Gasteiger partial charge in [0.2, 0.25) is 0 Å². The van der Waals surface area contributed by atoms with Crippen molar-refractivity contribution in [3.8, 4) is 5.69 Å². The molecule has 1 heterocycles. The predicted molar refractivity (Wildman–Crippen MR) is 84.2 cm³/mol. The number of hydrogen-bond donors (Lipinski definition) is 1. The van der Waals surface area contributed by atoms with Crippen molar-refractivity contribution in [2.45, 2.75) is 25.4 Å². The van der Waals surface area contributed by atoms with E-state index in [0.717, 1.165) is 16.0 Å². The van der Waals surface area contributed by atoms with Gasteiger partial charge in [0, 0.05) is 10.5 Å². The second-order valence-electron chi connectivity index (χ2n) is 5.34. The van der Waals surface area contributed by atoms with E-state index in [9.17, 15) is 0 Å². The molecule has 0 atom stereocenters. The summed E-state index contributed by atoms with van der Waals surface area (Å²) in [4.78, 5) is 0. The Bertz CT molecular complexity index is 794. The third-order valence-electron chi connectivity index (χ3n) is 3.69. The van der Waals surface area contributed by atoms with Crippen LogP contribution in [0.3, 0.4) is 0 Å². The van der Waals surface area contributed by atoms with E-state index in [0.29, 0.717) is 12.6 Å². The van der Waals surface area contributed by atoms with Crippen molar-refractivity contribution in [3.05, 3.63) is 46.7 Å². The molecule has 1 N–H and O–H groups in total.